The molecule has 0 atom stereocenters. The summed E-state index contributed by atoms with van der Waals surface area (Å²) in [6.07, 6.45) is 8.95. The largest absolute Gasteiger partial charge is 0.369 e. The second-order valence-electron chi connectivity index (χ2n) is 6.23. The van der Waals surface area contributed by atoms with Gasteiger partial charge in [0.2, 0.25) is 0 Å². The Morgan fingerprint density at radius 1 is 1.31 bits per heavy atom. The Balaban J connectivity index is 1.76. The first kappa shape index (κ1) is 12.4. The van der Waals surface area contributed by atoms with Crippen LogP contribution in [-0.2, 0) is 4.74 Å². The van der Waals surface area contributed by atoms with Gasteiger partial charge in [-0.3, -0.25) is 0 Å². The molecule has 0 aliphatic heterocycles. The molecule has 0 aromatic carbocycles. The Bertz CT molecular complexity index is 229. The molecule has 0 radical (unpaired) electrons. The molecule has 0 spiro atoms. The number of nitrogens with one attached hydrogen (secondary N) is 1. The summed E-state index contributed by atoms with van der Waals surface area (Å²) in [5.41, 5.74) is 0.265. The fourth-order valence-electron chi connectivity index (χ4n) is 2.42. The highest BCUT2D eigenvalue weighted by Gasteiger charge is 2.41. The normalized spacial score (nSPS) is 24.2. The zero-order chi connectivity index (χ0) is 11.6. The average molecular weight is 225 g/mol. The van der Waals surface area contributed by atoms with E-state index in [1.807, 2.05) is 0 Å². The second kappa shape index (κ2) is 4.66. The smallest absolute Gasteiger partial charge is 0.0702 e. The van der Waals surface area contributed by atoms with Gasteiger partial charge in [0.25, 0.3) is 0 Å². The molecular weight excluding hydrogens is 198 g/mol. The summed E-state index contributed by atoms with van der Waals surface area (Å²) in [6.45, 7) is 7.81. The Labute approximate surface area is 100 Å². The van der Waals surface area contributed by atoms with E-state index in [9.17, 15) is 0 Å². The van der Waals surface area contributed by atoms with E-state index < -0.39 is 0 Å². The zero-order valence-electron chi connectivity index (χ0n) is 11.1. The van der Waals surface area contributed by atoms with Crippen LogP contribution in [0.15, 0.2) is 0 Å². The summed E-state index contributed by atoms with van der Waals surface area (Å²) in [7, 11) is 0. The average Bonchev–Trinajstić information content (AvgIpc) is 2.97. The van der Waals surface area contributed by atoms with Gasteiger partial charge in [0, 0.05) is 6.04 Å². The van der Waals surface area contributed by atoms with Gasteiger partial charge in [-0.1, -0.05) is 6.92 Å². The fraction of sp³-hybridized carbons (Fsp3) is 1.00. The summed E-state index contributed by atoms with van der Waals surface area (Å²) < 4.78 is 6.37. The summed E-state index contributed by atoms with van der Waals surface area (Å²) in [5.74, 6) is 0. The van der Waals surface area contributed by atoms with Crippen LogP contribution in [-0.4, -0.2) is 23.8 Å². The topological polar surface area (TPSA) is 21.3 Å². The lowest BCUT2D eigenvalue weighted by Crippen LogP contribution is -2.48. The fourth-order valence-corrected chi connectivity index (χ4v) is 2.42. The molecule has 0 saturated heterocycles. The molecule has 2 aliphatic carbocycles. The first-order valence-electron chi connectivity index (χ1n) is 6.99. The molecule has 2 aliphatic rings. The molecule has 1 N–H and O–H groups in total. The van der Waals surface area contributed by atoms with Gasteiger partial charge in [0.1, 0.15) is 0 Å². The minimum atomic E-state index is 0.0556. The molecule has 2 saturated carbocycles. The highest BCUT2D eigenvalue weighted by Crippen LogP contribution is 2.42. The lowest BCUT2D eigenvalue weighted by Gasteiger charge is -2.47. The van der Waals surface area contributed by atoms with Gasteiger partial charge in [-0.2, -0.15) is 0 Å². The molecule has 16 heavy (non-hydrogen) atoms. The van der Waals surface area contributed by atoms with Crippen LogP contribution in [0.1, 0.15) is 65.7 Å². The van der Waals surface area contributed by atoms with Gasteiger partial charge in [-0.25, -0.2) is 0 Å². The summed E-state index contributed by atoms with van der Waals surface area (Å²) in [5, 5.41) is 3.60. The first-order valence-corrected chi connectivity index (χ1v) is 6.99. The van der Waals surface area contributed by atoms with Crippen molar-refractivity contribution in [2.75, 3.05) is 6.54 Å². The van der Waals surface area contributed by atoms with Crippen LogP contribution in [0.25, 0.3) is 0 Å². The summed E-state index contributed by atoms with van der Waals surface area (Å²) in [4.78, 5) is 0. The Morgan fingerprint density at radius 2 is 2.00 bits per heavy atom. The molecule has 2 nitrogen and oxygen atoms in total. The Kier molecular flexibility index (Phi) is 3.60. The van der Waals surface area contributed by atoms with Crippen molar-refractivity contribution >= 4 is 0 Å². The van der Waals surface area contributed by atoms with Crippen LogP contribution in [0.3, 0.4) is 0 Å². The van der Waals surface area contributed by atoms with Crippen LogP contribution in [0.4, 0.5) is 0 Å². The van der Waals surface area contributed by atoms with Crippen molar-refractivity contribution in [2.24, 2.45) is 0 Å². The van der Waals surface area contributed by atoms with Gasteiger partial charge in [-0.05, 0) is 65.3 Å². The third-order valence-electron chi connectivity index (χ3n) is 4.20. The molecule has 2 fully saturated rings. The number of hydrogen-bond acceptors (Lipinski definition) is 2. The molecule has 0 heterocycles. The Hall–Kier alpha value is -0.0800. The minimum absolute atomic E-state index is 0.0556. The highest BCUT2D eigenvalue weighted by atomic mass is 16.5. The third-order valence-corrected chi connectivity index (χ3v) is 4.20. The van der Waals surface area contributed by atoms with E-state index in [0.29, 0.717) is 0 Å². The monoisotopic (exact) mass is 225 g/mol. The van der Waals surface area contributed by atoms with Crippen LogP contribution < -0.4 is 5.32 Å². The van der Waals surface area contributed by atoms with Crippen molar-refractivity contribution < 1.29 is 4.74 Å². The number of hydrogen-bond donors (Lipinski definition) is 1. The van der Waals surface area contributed by atoms with Crippen molar-refractivity contribution in [3.05, 3.63) is 0 Å². The lowest BCUT2D eigenvalue weighted by molar-refractivity contribution is -0.182. The van der Waals surface area contributed by atoms with Gasteiger partial charge in [0.05, 0.1) is 11.2 Å². The van der Waals surface area contributed by atoms with Gasteiger partial charge in [-0.15, -0.1) is 0 Å². The molecule has 2 rings (SSSR count). The van der Waals surface area contributed by atoms with E-state index in [4.69, 9.17) is 4.74 Å². The quantitative estimate of drug-likeness (QED) is 0.718. The zero-order valence-corrected chi connectivity index (χ0v) is 11.1. The molecule has 2 heteroatoms. The molecule has 0 amide bonds. The minimum Gasteiger partial charge on any atom is -0.369 e. The summed E-state index contributed by atoms with van der Waals surface area (Å²) in [6, 6.07) is 0.830. The van der Waals surface area contributed by atoms with Gasteiger partial charge in [0.15, 0.2) is 0 Å². The van der Waals surface area contributed by atoms with Crippen LogP contribution in [0, 0.1) is 0 Å². The van der Waals surface area contributed by atoms with E-state index in [1.165, 1.54) is 38.5 Å². The van der Waals surface area contributed by atoms with E-state index >= 15 is 0 Å². The molecular formula is C14H27NO. The van der Waals surface area contributed by atoms with E-state index in [0.717, 1.165) is 19.0 Å². The molecule has 0 unspecified atom stereocenters. The van der Waals surface area contributed by atoms with Crippen molar-refractivity contribution in [3.63, 3.8) is 0 Å². The third kappa shape index (κ3) is 3.21. The van der Waals surface area contributed by atoms with E-state index in [2.05, 4.69) is 26.1 Å². The van der Waals surface area contributed by atoms with Crippen molar-refractivity contribution in [3.8, 4) is 0 Å². The predicted octanol–water partition coefficient (Wildman–Crippen LogP) is 3.26. The first-order chi connectivity index (χ1) is 7.55. The van der Waals surface area contributed by atoms with Crippen molar-refractivity contribution in [1.82, 2.24) is 5.32 Å². The molecule has 94 valence electrons. The van der Waals surface area contributed by atoms with Gasteiger partial charge < -0.3 is 10.1 Å². The predicted molar refractivity (Wildman–Crippen MR) is 67.7 cm³/mol. The van der Waals surface area contributed by atoms with Crippen molar-refractivity contribution in [2.45, 2.75) is 83.0 Å². The lowest BCUT2D eigenvalue weighted by atomic mass is 9.76. The van der Waals surface area contributed by atoms with Gasteiger partial charge >= 0.3 is 0 Å². The second-order valence-corrected chi connectivity index (χ2v) is 6.23. The SMILES string of the molecule is CCC(C)(C)OC1(CCNC2CC2)CCC1. The van der Waals surface area contributed by atoms with E-state index in [1.54, 1.807) is 0 Å². The maximum Gasteiger partial charge on any atom is 0.0702 e. The number of rotatable bonds is 7. The maximum atomic E-state index is 6.37. The summed E-state index contributed by atoms with van der Waals surface area (Å²) >= 11 is 0. The molecule has 0 aromatic heterocycles. The van der Waals surface area contributed by atoms with Crippen LogP contribution in [0.2, 0.25) is 0 Å². The maximum absolute atomic E-state index is 6.37. The van der Waals surface area contributed by atoms with Crippen molar-refractivity contribution in [1.29, 1.82) is 0 Å². The molecule has 0 aromatic rings. The van der Waals surface area contributed by atoms with Crippen LogP contribution in [0.5, 0.6) is 0 Å². The molecule has 0 bridgehead atoms. The highest BCUT2D eigenvalue weighted by molar-refractivity contribution is 4.93. The van der Waals surface area contributed by atoms with E-state index in [-0.39, 0.29) is 11.2 Å². The van der Waals surface area contributed by atoms with Crippen LogP contribution >= 0.6 is 0 Å². The standard InChI is InChI=1S/C14H27NO/c1-4-13(2,3)16-14(8-5-9-14)10-11-15-12-6-7-12/h12,15H,4-11H2,1-3H3. The Morgan fingerprint density at radius 3 is 2.44 bits per heavy atom. The number of ether oxygens (including phenoxy) is 1.